The lowest BCUT2D eigenvalue weighted by Gasteiger charge is -2.36. The highest BCUT2D eigenvalue weighted by molar-refractivity contribution is 6.69. The summed E-state index contributed by atoms with van der Waals surface area (Å²) in [7, 11) is -0.636. The second-order valence-corrected chi connectivity index (χ2v) is 18.1. The normalized spacial score (nSPS) is 27.6. The standard InChI is InChI=1S/C33H49F3O6Si/c1-22-24(31(37)38-3)15-13-23-14-16-26-25(27(21-28(26)41-30(22)23)40-29-12-7-8-20-39-29)11-9-17-32(2,42-43(4,5)6)18-10-19-33(34,35)36/h9,11,13,15,25-29H,7-8,10,12,14,16-21H2,1-6H3/b11-9+/t25-,26-,27-,28+,29?,32-/m1/s1. The van der Waals surface area contributed by atoms with Gasteiger partial charge in [0.15, 0.2) is 14.6 Å². The van der Waals surface area contributed by atoms with E-state index in [0.717, 1.165) is 49.0 Å². The van der Waals surface area contributed by atoms with E-state index in [-0.39, 0.29) is 42.7 Å². The van der Waals surface area contributed by atoms with E-state index in [1.54, 1.807) is 0 Å². The zero-order valence-corrected chi connectivity index (χ0v) is 27.6. The average molecular weight is 627 g/mol. The van der Waals surface area contributed by atoms with Crippen molar-refractivity contribution in [3.63, 3.8) is 0 Å². The highest BCUT2D eigenvalue weighted by Crippen LogP contribution is 2.46. The van der Waals surface area contributed by atoms with Crippen LogP contribution in [-0.2, 0) is 25.1 Å². The molecule has 0 spiro atoms. The Bertz CT molecular complexity index is 1130. The maximum atomic E-state index is 12.9. The van der Waals surface area contributed by atoms with Crippen LogP contribution in [0.1, 0.15) is 86.2 Å². The number of alkyl halides is 3. The zero-order valence-electron chi connectivity index (χ0n) is 26.6. The topological polar surface area (TPSA) is 63.2 Å². The Morgan fingerprint density at radius 3 is 2.56 bits per heavy atom. The highest BCUT2D eigenvalue weighted by atomic mass is 28.4. The molecule has 1 saturated carbocycles. The fourth-order valence-electron chi connectivity index (χ4n) is 7.01. The highest BCUT2D eigenvalue weighted by Gasteiger charge is 2.46. The number of carbonyl (C=O) groups excluding carboxylic acids is 1. The lowest BCUT2D eigenvalue weighted by atomic mass is 9.87. The number of methoxy groups -OCH3 is 1. The zero-order chi connectivity index (χ0) is 31.4. The second kappa shape index (κ2) is 14.0. The second-order valence-electron chi connectivity index (χ2n) is 13.6. The van der Waals surface area contributed by atoms with Crippen molar-refractivity contribution in [2.75, 3.05) is 13.7 Å². The van der Waals surface area contributed by atoms with Crippen molar-refractivity contribution in [1.29, 1.82) is 0 Å². The number of benzene rings is 1. The first kappa shape index (κ1) is 34.0. The van der Waals surface area contributed by atoms with Gasteiger partial charge in [-0.05, 0) is 96.5 Å². The molecule has 0 N–H and O–H groups in total. The van der Waals surface area contributed by atoms with E-state index in [4.69, 9.17) is 23.4 Å². The summed E-state index contributed by atoms with van der Waals surface area (Å²) in [5.41, 5.74) is 1.70. The Morgan fingerprint density at radius 1 is 1.14 bits per heavy atom. The molecule has 0 amide bonds. The van der Waals surface area contributed by atoms with Crippen molar-refractivity contribution in [2.45, 2.75) is 128 Å². The van der Waals surface area contributed by atoms with Crippen LogP contribution < -0.4 is 4.74 Å². The Morgan fingerprint density at radius 2 is 1.91 bits per heavy atom. The number of rotatable bonds is 11. The third kappa shape index (κ3) is 9.31. The first-order valence-corrected chi connectivity index (χ1v) is 19.2. The summed E-state index contributed by atoms with van der Waals surface area (Å²) in [6.07, 6.45) is 5.09. The van der Waals surface area contributed by atoms with Gasteiger partial charge in [-0.1, -0.05) is 18.2 Å². The predicted octanol–water partition coefficient (Wildman–Crippen LogP) is 8.31. The Labute approximate surface area is 255 Å². The molecule has 0 radical (unpaired) electrons. The number of fused-ring (bicyclic) bond motifs is 2. The molecule has 3 aliphatic rings. The number of aryl methyl sites for hydroxylation is 1. The number of ether oxygens (including phenoxy) is 4. The fourth-order valence-corrected chi connectivity index (χ4v) is 8.67. The van der Waals surface area contributed by atoms with Gasteiger partial charge in [-0.15, -0.1) is 0 Å². The summed E-state index contributed by atoms with van der Waals surface area (Å²) < 4.78 is 69.5. The van der Waals surface area contributed by atoms with E-state index in [1.807, 2.05) is 26.0 Å². The summed E-state index contributed by atoms with van der Waals surface area (Å²) in [6.45, 7) is 10.8. The summed E-state index contributed by atoms with van der Waals surface area (Å²) in [4.78, 5) is 12.4. The largest absolute Gasteiger partial charge is 0.489 e. The quantitative estimate of drug-likeness (QED) is 0.140. The van der Waals surface area contributed by atoms with Crippen molar-refractivity contribution >= 4 is 14.3 Å². The molecule has 242 valence electrons. The molecule has 0 bridgehead atoms. The van der Waals surface area contributed by atoms with Gasteiger partial charge in [0.2, 0.25) is 0 Å². The van der Waals surface area contributed by atoms with Crippen LogP contribution in [0.25, 0.3) is 0 Å². The number of carbonyl (C=O) groups is 1. The average Bonchev–Trinajstić information content (AvgIpc) is 3.10. The smallest absolute Gasteiger partial charge is 0.389 e. The SMILES string of the molecule is COC(=O)c1ccc2c(c1C)O[C@H]1C[C@@H](OC3CCCCO3)[C@H](/C=C/C[C@](C)(CCCC(F)(F)F)O[Si](C)(C)C)[C@H]1CC2. The number of esters is 1. The van der Waals surface area contributed by atoms with Gasteiger partial charge < -0.3 is 23.4 Å². The summed E-state index contributed by atoms with van der Waals surface area (Å²) in [5.74, 6) is 0.601. The van der Waals surface area contributed by atoms with E-state index in [0.29, 0.717) is 31.4 Å². The first-order chi connectivity index (χ1) is 20.2. The predicted molar refractivity (Wildman–Crippen MR) is 162 cm³/mol. The van der Waals surface area contributed by atoms with Gasteiger partial charge in [0, 0.05) is 36.8 Å². The molecule has 1 unspecified atom stereocenters. The van der Waals surface area contributed by atoms with Gasteiger partial charge in [0.25, 0.3) is 0 Å². The number of hydrogen-bond acceptors (Lipinski definition) is 6. The Hall–Kier alpha value is -1.88. The molecule has 4 rings (SSSR count). The van der Waals surface area contributed by atoms with Gasteiger partial charge in [-0.2, -0.15) is 13.2 Å². The lowest BCUT2D eigenvalue weighted by molar-refractivity contribution is -0.193. The summed E-state index contributed by atoms with van der Waals surface area (Å²) in [5, 5.41) is 0. The molecule has 43 heavy (non-hydrogen) atoms. The van der Waals surface area contributed by atoms with Gasteiger partial charge in [-0.3, -0.25) is 0 Å². The first-order valence-electron chi connectivity index (χ1n) is 15.8. The molecule has 6 nitrogen and oxygen atoms in total. The molecular weight excluding hydrogens is 577 g/mol. The minimum absolute atomic E-state index is 0.0379. The molecule has 10 heteroatoms. The van der Waals surface area contributed by atoms with Crippen molar-refractivity contribution in [3.05, 3.63) is 41.0 Å². The van der Waals surface area contributed by atoms with Crippen LogP contribution in [0.5, 0.6) is 5.75 Å². The van der Waals surface area contributed by atoms with E-state index in [1.165, 1.54) is 7.11 Å². The van der Waals surface area contributed by atoms with Crippen molar-refractivity contribution in [1.82, 2.24) is 0 Å². The minimum Gasteiger partial charge on any atom is -0.489 e. The van der Waals surface area contributed by atoms with Crippen LogP contribution in [-0.4, -0.2) is 58.3 Å². The van der Waals surface area contributed by atoms with E-state index in [2.05, 4.69) is 31.8 Å². The third-order valence-electron chi connectivity index (χ3n) is 8.87. The van der Waals surface area contributed by atoms with E-state index in [9.17, 15) is 18.0 Å². The molecule has 2 fully saturated rings. The minimum atomic E-state index is -4.17. The molecule has 2 aliphatic heterocycles. The van der Waals surface area contributed by atoms with Gasteiger partial charge >= 0.3 is 12.1 Å². The summed E-state index contributed by atoms with van der Waals surface area (Å²) >= 11 is 0. The molecule has 0 aromatic heterocycles. The maximum Gasteiger partial charge on any atom is 0.389 e. The van der Waals surface area contributed by atoms with Crippen molar-refractivity contribution in [2.24, 2.45) is 11.8 Å². The van der Waals surface area contributed by atoms with Crippen LogP contribution in [0, 0.1) is 18.8 Å². The molecule has 1 aromatic rings. The van der Waals surface area contributed by atoms with Crippen LogP contribution >= 0.6 is 0 Å². The molecule has 1 saturated heterocycles. The number of halogens is 3. The monoisotopic (exact) mass is 626 g/mol. The third-order valence-corrected chi connectivity index (χ3v) is 9.97. The summed E-state index contributed by atoms with van der Waals surface area (Å²) in [6, 6.07) is 3.77. The van der Waals surface area contributed by atoms with E-state index >= 15 is 0 Å². The molecular formula is C33H49F3O6Si. The fraction of sp³-hybridized carbons (Fsp3) is 0.727. The van der Waals surface area contributed by atoms with Crippen LogP contribution in [0.2, 0.25) is 19.6 Å². The Kier molecular flexibility index (Phi) is 11.1. The van der Waals surface area contributed by atoms with Crippen LogP contribution in [0.3, 0.4) is 0 Å². The van der Waals surface area contributed by atoms with Crippen LogP contribution in [0.15, 0.2) is 24.3 Å². The van der Waals surface area contributed by atoms with Crippen LogP contribution in [0.4, 0.5) is 13.2 Å². The van der Waals surface area contributed by atoms with Gasteiger partial charge in [0.1, 0.15) is 11.9 Å². The maximum absolute atomic E-state index is 12.9. The van der Waals surface area contributed by atoms with Gasteiger partial charge in [-0.25, -0.2) is 4.79 Å². The van der Waals surface area contributed by atoms with Crippen molar-refractivity contribution < 1.29 is 41.3 Å². The molecule has 1 aromatic carbocycles. The Balaban J connectivity index is 1.56. The van der Waals surface area contributed by atoms with Crippen molar-refractivity contribution in [3.8, 4) is 5.75 Å². The lowest BCUT2D eigenvalue weighted by Crippen LogP contribution is -2.40. The van der Waals surface area contributed by atoms with Gasteiger partial charge in [0.05, 0.1) is 24.4 Å². The van der Waals surface area contributed by atoms with E-state index < -0.39 is 26.5 Å². The molecule has 2 heterocycles. The number of hydrogen-bond donors (Lipinski definition) is 0. The molecule has 1 aliphatic carbocycles. The molecule has 6 atom stereocenters.